The van der Waals surface area contributed by atoms with Gasteiger partial charge in [0, 0.05) is 0 Å². The van der Waals surface area contributed by atoms with E-state index in [9.17, 15) is 21.6 Å². The van der Waals surface area contributed by atoms with Gasteiger partial charge in [0.05, 0.1) is 22.5 Å². The van der Waals surface area contributed by atoms with Gasteiger partial charge in [-0.15, -0.1) is 0 Å². The Morgan fingerprint density at radius 2 is 1.94 bits per heavy atom. The molecule has 0 aliphatic rings. The first kappa shape index (κ1) is 14.6. The molecule has 1 rings (SSSR count). The summed E-state index contributed by atoms with van der Waals surface area (Å²) in [4.78, 5) is 11.3. The number of benzene rings is 1. The number of nitrogens with one attached hydrogen (secondary N) is 1. The molecule has 0 bridgehead atoms. The molecule has 0 atom stereocenters. The fourth-order valence-electron chi connectivity index (χ4n) is 1.13. The lowest BCUT2D eigenvalue weighted by atomic mass is 10.2. The van der Waals surface area contributed by atoms with E-state index in [-0.39, 0.29) is 10.5 Å². The number of sulfonamides is 1. The average Bonchev–Trinajstić information content (AvgIpc) is 2.37. The summed E-state index contributed by atoms with van der Waals surface area (Å²) >= 11 is 0. The van der Waals surface area contributed by atoms with Crippen molar-refractivity contribution in [3.8, 4) is 0 Å². The number of carbonyl (C=O) groups excluding carboxylic acids is 1. The first-order chi connectivity index (χ1) is 8.31. The number of esters is 1. The summed E-state index contributed by atoms with van der Waals surface area (Å²) < 4.78 is 48.7. The number of methoxy groups -OCH3 is 1. The lowest BCUT2D eigenvalue weighted by molar-refractivity contribution is 0.0600. The zero-order chi connectivity index (χ0) is 13.9. The Balaban J connectivity index is 3.55. The summed E-state index contributed by atoms with van der Waals surface area (Å²) in [7, 11) is -6.32. The molecule has 10 heteroatoms. The van der Waals surface area contributed by atoms with E-state index in [1.165, 1.54) is 0 Å². The highest BCUT2D eigenvalue weighted by molar-refractivity contribution is 7.89. The first-order valence-electron chi connectivity index (χ1n) is 4.35. The van der Waals surface area contributed by atoms with Crippen LogP contribution < -0.4 is 4.89 Å². The smallest absolute Gasteiger partial charge is 0.337 e. The maximum Gasteiger partial charge on any atom is 0.337 e. The summed E-state index contributed by atoms with van der Waals surface area (Å²) in [5.74, 6) is -0.900. The van der Waals surface area contributed by atoms with Crippen molar-refractivity contribution in [2.75, 3.05) is 7.11 Å². The Labute approximate surface area is 104 Å². The monoisotopic (exact) mass is 295 g/mol. The molecule has 18 heavy (non-hydrogen) atoms. The lowest BCUT2D eigenvalue weighted by Crippen LogP contribution is -2.20. The fraction of sp³-hybridized carbons (Fsp3) is 0.125. The Morgan fingerprint density at radius 1 is 1.33 bits per heavy atom. The van der Waals surface area contributed by atoms with Gasteiger partial charge in [-0.05, 0) is 18.2 Å². The molecule has 0 saturated carbocycles. The third kappa shape index (κ3) is 3.04. The largest absolute Gasteiger partial charge is 0.465 e. The highest BCUT2D eigenvalue weighted by Crippen LogP contribution is 2.16. The summed E-state index contributed by atoms with van der Waals surface area (Å²) in [5, 5.41) is 8.46. The molecule has 0 amide bonds. The first-order valence-corrected chi connectivity index (χ1v) is 7.01. The van der Waals surface area contributed by atoms with Crippen molar-refractivity contribution in [2.24, 2.45) is 0 Å². The van der Waals surface area contributed by atoms with Crippen molar-refractivity contribution < 1.29 is 31.6 Å². The van der Waals surface area contributed by atoms with Crippen molar-refractivity contribution in [3.63, 3.8) is 0 Å². The standard InChI is InChI=1S/C8H9NO7S2/c1-16-8(10)5-2-6(17(12)13)4-7(3-5)18(14,15)9-11/h2-4,9,11,17H,1H3. The normalized spacial score (nSPS) is 11.5. The zero-order valence-electron chi connectivity index (χ0n) is 8.98. The molecule has 0 radical (unpaired) electrons. The van der Waals surface area contributed by atoms with Gasteiger partial charge < -0.3 is 9.94 Å². The Kier molecular flexibility index (Phi) is 4.40. The molecule has 8 nitrogen and oxygen atoms in total. The van der Waals surface area contributed by atoms with E-state index in [0.29, 0.717) is 0 Å². The number of carbonyl (C=O) groups is 1. The predicted octanol–water partition coefficient (Wildman–Crippen LogP) is -0.889. The maximum atomic E-state index is 11.3. The van der Waals surface area contributed by atoms with E-state index in [0.717, 1.165) is 30.2 Å². The van der Waals surface area contributed by atoms with Crippen LogP contribution in [-0.2, 0) is 25.5 Å². The molecule has 2 N–H and O–H groups in total. The molecular formula is C8H9NO7S2. The molecule has 0 saturated heterocycles. The van der Waals surface area contributed by atoms with Crippen LogP contribution in [0.5, 0.6) is 0 Å². The molecule has 1 aromatic carbocycles. The van der Waals surface area contributed by atoms with Crippen LogP contribution in [0.15, 0.2) is 28.0 Å². The molecule has 0 aromatic heterocycles. The topological polar surface area (TPSA) is 127 Å². The van der Waals surface area contributed by atoms with Crippen LogP contribution in [0.3, 0.4) is 0 Å². The molecule has 0 fully saturated rings. The number of hydrogen-bond acceptors (Lipinski definition) is 7. The third-order valence-corrected chi connectivity index (χ3v) is 3.73. The molecule has 100 valence electrons. The van der Waals surface area contributed by atoms with Crippen LogP contribution >= 0.6 is 0 Å². The van der Waals surface area contributed by atoms with Gasteiger partial charge in [-0.25, -0.2) is 21.6 Å². The van der Waals surface area contributed by atoms with Gasteiger partial charge in [-0.3, -0.25) is 0 Å². The van der Waals surface area contributed by atoms with E-state index in [2.05, 4.69) is 4.74 Å². The van der Waals surface area contributed by atoms with Crippen molar-refractivity contribution in [3.05, 3.63) is 23.8 Å². The molecule has 0 aliphatic heterocycles. The summed E-state index contributed by atoms with van der Waals surface area (Å²) in [6, 6.07) is 2.65. The fourth-order valence-corrected chi connectivity index (χ4v) is 2.38. The van der Waals surface area contributed by atoms with Crippen LogP contribution in [0.1, 0.15) is 10.4 Å². The summed E-state index contributed by atoms with van der Waals surface area (Å²) in [5.41, 5.74) is -0.261. The van der Waals surface area contributed by atoms with Crippen LogP contribution in [-0.4, -0.2) is 35.1 Å². The van der Waals surface area contributed by atoms with Crippen LogP contribution in [0.2, 0.25) is 0 Å². The second-order valence-electron chi connectivity index (χ2n) is 3.06. The number of hydrogen-bond donors (Lipinski definition) is 3. The molecule has 0 unspecified atom stereocenters. The van der Waals surface area contributed by atoms with Gasteiger partial charge in [0.1, 0.15) is 0 Å². The molecule has 0 heterocycles. The molecule has 0 aliphatic carbocycles. The van der Waals surface area contributed by atoms with Crippen molar-refractivity contribution >= 4 is 26.7 Å². The van der Waals surface area contributed by atoms with Crippen molar-refractivity contribution in [1.29, 1.82) is 0 Å². The van der Waals surface area contributed by atoms with Gasteiger partial charge >= 0.3 is 5.97 Å². The van der Waals surface area contributed by atoms with Crippen LogP contribution in [0.25, 0.3) is 0 Å². The van der Waals surface area contributed by atoms with Gasteiger partial charge in [0.15, 0.2) is 10.7 Å². The molecular weight excluding hydrogens is 286 g/mol. The minimum atomic E-state index is -4.29. The van der Waals surface area contributed by atoms with Gasteiger partial charge in [-0.2, -0.15) is 0 Å². The molecule has 1 aromatic rings. The second kappa shape index (κ2) is 5.44. The van der Waals surface area contributed by atoms with E-state index >= 15 is 0 Å². The summed E-state index contributed by atoms with van der Waals surface area (Å²) in [6.07, 6.45) is 0. The molecule has 0 spiro atoms. The maximum absolute atomic E-state index is 11.3. The lowest BCUT2D eigenvalue weighted by Gasteiger charge is -2.05. The average molecular weight is 295 g/mol. The van der Waals surface area contributed by atoms with Gasteiger partial charge in [-0.1, -0.05) is 4.89 Å². The highest BCUT2D eigenvalue weighted by atomic mass is 32.2. The predicted molar refractivity (Wildman–Crippen MR) is 58.5 cm³/mol. The third-order valence-electron chi connectivity index (χ3n) is 1.95. The van der Waals surface area contributed by atoms with E-state index in [4.69, 9.17) is 5.21 Å². The number of ether oxygens (including phenoxy) is 1. The van der Waals surface area contributed by atoms with Crippen LogP contribution in [0.4, 0.5) is 0 Å². The summed E-state index contributed by atoms with van der Waals surface area (Å²) in [6.45, 7) is 0. The number of rotatable bonds is 4. The minimum Gasteiger partial charge on any atom is -0.465 e. The SMILES string of the molecule is COC(=O)c1cc([SH](=O)=O)cc(S(=O)(=O)NO)c1. The Hall–Kier alpha value is -1.49. The Morgan fingerprint density at radius 3 is 2.39 bits per heavy atom. The zero-order valence-corrected chi connectivity index (χ0v) is 10.7. The van der Waals surface area contributed by atoms with Crippen molar-refractivity contribution in [2.45, 2.75) is 9.79 Å². The number of thiol groups is 1. The Bertz CT molecular complexity index is 639. The van der Waals surface area contributed by atoms with Gasteiger partial charge in [0.2, 0.25) is 0 Å². The van der Waals surface area contributed by atoms with Crippen molar-refractivity contribution in [1.82, 2.24) is 4.89 Å². The quantitative estimate of drug-likeness (QED) is 0.373. The van der Waals surface area contributed by atoms with Crippen LogP contribution in [0, 0.1) is 0 Å². The van der Waals surface area contributed by atoms with Gasteiger partial charge in [0.25, 0.3) is 10.0 Å². The van der Waals surface area contributed by atoms with E-state index in [1.807, 2.05) is 0 Å². The highest BCUT2D eigenvalue weighted by Gasteiger charge is 2.18. The second-order valence-corrected chi connectivity index (χ2v) is 5.75. The van der Waals surface area contributed by atoms with E-state index in [1.54, 1.807) is 0 Å². The minimum absolute atomic E-state index is 0.261. The van der Waals surface area contributed by atoms with E-state index < -0.39 is 31.6 Å².